The fourth-order valence-corrected chi connectivity index (χ4v) is 5.45. The maximum atomic E-state index is 12.9. The molecule has 1 saturated carbocycles. The number of hydrogen-bond donors (Lipinski definition) is 1. The Hall–Kier alpha value is -3.24. The van der Waals surface area contributed by atoms with Crippen molar-refractivity contribution in [3.63, 3.8) is 0 Å². The minimum Gasteiger partial charge on any atom is -0.394 e. The van der Waals surface area contributed by atoms with Crippen LogP contribution in [0.5, 0.6) is 0 Å². The standard InChI is InChI=1S/C26H28N4O3/c31-17-23-25(20-10-8-19(9-11-20)7-6-18-4-2-1-3-5-18)22-15-29(16-24(32)30(22)23)26(33)21-14-27-12-13-28-21/h8-14,18,22-23,25,31H,1-5,15-17H2/t22-,23+,25-/m1/s1. The Kier molecular flexibility index (Phi) is 6.10. The van der Waals surface area contributed by atoms with E-state index in [0.717, 1.165) is 11.1 Å². The summed E-state index contributed by atoms with van der Waals surface area (Å²) in [6.45, 7) is 0.296. The molecule has 170 valence electrons. The number of nitrogens with zero attached hydrogens (tertiary/aromatic N) is 4. The van der Waals surface area contributed by atoms with Gasteiger partial charge in [-0.15, -0.1) is 0 Å². The van der Waals surface area contributed by atoms with Gasteiger partial charge in [0.25, 0.3) is 5.91 Å². The van der Waals surface area contributed by atoms with Gasteiger partial charge >= 0.3 is 0 Å². The minimum absolute atomic E-state index is 0.00911. The number of aromatic nitrogens is 2. The normalized spacial score (nSPS) is 25.0. The van der Waals surface area contributed by atoms with Gasteiger partial charge in [0.05, 0.1) is 24.9 Å². The summed E-state index contributed by atoms with van der Waals surface area (Å²) in [5.41, 5.74) is 2.27. The van der Waals surface area contributed by atoms with E-state index >= 15 is 0 Å². The molecule has 1 aliphatic carbocycles. The largest absolute Gasteiger partial charge is 0.394 e. The van der Waals surface area contributed by atoms with E-state index in [1.54, 1.807) is 4.90 Å². The second kappa shape index (κ2) is 9.32. The first-order chi connectivity index (χ1) is 16.2. The Morgan fingerprint density at radius 2 is 1.91 bits per heavy atom. The summed E-state index contributed by atoms with van der Waals surface area (Å²) in [5, 5.41) is 10.00. The third-order valence-corrected chi connectivity index (χ3v) is 7.14. The number of rotatable bonds is 3. The molecule has 3 atom stereocenters. The summed E-state index contributed by atoms with van der Waals surface area (Å²) in [7, 11) is 0. The molecule has 33 heavy (non-hydrogen) atoms. The highest BCUT2D eigenvalue weighted by Gasteiger charge is 2.54. The number of aliphatic hydroxyl groups is 1. The molecule has 2 aromatic rings. The van der Waals surface area contributed by atoms with Gasteiger partial charge in [0.1, 0.15) is 12.2 Å². The molecule has 1 N–H and O–H groups in total. The lowest BCUT2D eigenvalue weighted by Crippen LogP contribution is -2.73. The Morgan fingerprint density at radius 1 is 1.12 bits per heavy atom. The summed E-state index contributed by atoms with van der Waals surface area (Å²) in [6, 6.07) is 7.70. The van der Waals surface area contributed by atoms with Gasteiger partial charge in [-0.2, -0.15) is 0 Å². The lowest BCUT2D eigenvalue weighted by Gasteiger charge is -2.58. The van der Waals surface area contributed by atoms with Crippen molar-refractivity contribution in [3.8, 4) is 11.8 Å². The van der Waals surface area contributed by atoms with Crippen LogP contribution in [0.4, 0.5) is 0 Å². The highest BCUT2D eigenvalue weighted by atomic mass is 16.3. The zero-order chi connectivity index (χ0) is 22.8. The van der Waals surface area contributed by atoms with Gasteiger partial charge in [-0.05, 0) is 30.5 Å². The van der Waals surface area contributed by atoms with Crippen LogP contribution in [0.3, 0.4) is 0 Å². The molecular formula is C26H28N4O3. The molecule has 0 unspecified atom stereocenters. The average Bonchev–Trinajstić information content (AvgIpc) is 2.85. The fraction of sp³-hybridized carbons (Fsp3) is 0.462. The number of carbonyl (C=O) groups excluding carboxylic acids is 2. The molecular weight excluding hydrogens is 416 g/mol. The number of benzene rings is 1. The van der Waals surface area contributed by atoms with E-state index in [2.05, 4.69) is 21.8 Å². The van der Waals surface area contributed by atoms with Crippen LogP contribution in [0.15, 0.2) is 42.9 Å². The first-order valence-electron chi connectivity index (χ1n) is 11.7. The lowest BCUT2D eigenvalue weighted by atomic mass is 9.73. The first kappa shape index (κ1) is 21.6. The van der Waals surface area contributed by atoms with Crippen LogP contribution in [-0.2, 0) is 4.79 Å². The molecule has 3 aliphatic rings. The van der Waals surface area contributed by atoms with Crippen molar-refractivity contribution in [1.82, 2.24) is 19.8 Å². The van der Waals surface area contributed by atoms with Gasteiger partial charge in [-0.1, -0.05) is 43.2 Å². The van der Waals surface area contributed by atoms with Crippen molar-refractivity contribution in [2.45, 2.75) is 50.1 Å². The Bertz CT molecular complexity index is 1070. The summed E-state index contributed by atoms with van der Waals surface area (Å²) in [6.07, 6.45) is 10.7. The van der Waals surface area contributed by atoms with Gasteiger partial charge < -0.3 is 14.9 Å². The van der Waals surface area contributed by atoms with Crippen LogP contribution in [0.25, 0.3) is 0 Å². The van der Waals surface area contributed by atoms with Crippen molar-refractivity contribution in [1.29, 1.82) is 0 Å². The quantitative estimate of drug-likeness (QED) is 0.734. The van der Waals surface area contributed by atoms with Crippen molar-refractivity contribution in [2.24, 2.45) is 5.92 Å². The molecule has 5 rings (SSSR count). The van der Waals surface area contributed by atoms with Crippen molar-refractivity contribution < 1.29 is 14.7 Å². The van der Waals surface area contributed by atoms with E-state index in [4.69, 9.17) is 0 Å². The smallest absolute Gasteiger partial charge is 0.274 e. The van der Waals surface area contributed by atoms with E-state index in [-0.39, 0.29) is 48.7 Å². The second-order valence-electron chi connectivity index (χ2n) is 9.15. The Balaban J connectivity index is 1.32. The molecule has 3 heterocycles. The van der Waals surface area contributed by atoms with E-state index in [1.807, 2.05) is 24.3 Å². The minimum atomic E-state index is -0.296. The number of amides is 2. The molecule has 1 aromatic heterocycles. The molecule has 2 amide bonds. The van der Waals surface area contributed by atoms with E-state index in [1.165, 1.54) is 55.6 Å². The molecule has 0 spiro atoms. The van der Waals surface area contributed by atoms with Crippen molar-refractivity contribution in [3.05, 3.63) is 59.7 Å². The molecule has 7 heteroatoms. The topological polar surface area (TPSA) is 86.6 Å². The molecule has 3 fully saturated rings. The predicted octanol–water partition coefficient (Wildman–Crippen LogP) is 2.22. The first-order valence-corrected chi connectivity index (χ1v) is 11.7. The van der Waals surface area contributed by atoms with Gasteiger partial charge in [0.15, 0.2) is 0 Å². The van der Waals surface area contributed by atoms with Crippen LogP contribution >= 0.6 is 0 Å². The third kappa shape index (κ3) is 4.23. The van der Waals surface area contributed by atoms with Crippen LogP contribution in [0.1, 0.15) is 59.6 Å². The summed E-state index contributed by atoms with van der Waals surface area (Å²) >= 11 is 0. The third-order valence-electron chi connectivity index (χ3n) is 7.14. The molecule has 0 radical (unpaired) electrons. The molecule has 2 saturated heterocycles. The summed E-state index contributed by atoms with van der Waals surface area (Å²) in [5.74, 6) is 6.77. The molecule has 7 nitrogen and oxygen atoms in total. The summed E-state index contributed by atoms with van der Waals surface area (Å²) < 4.78 is 0. The SMILES string of the molecule is O=C(c1cnccn1)N1CC(=O)N2[C@H](C1)[C@@H](c1ccc(C#CC3CCCCC3)cc1)[C@@H]2CO. The van der Waals surface area contributed by atoms with Gasteiger partial charge in [-0.25, -0.2) is 4.98 Å². The highest BCUT2D eigenvalue weighted by Crippen LogP contribution is 2.43. The summed E-state index contributed by atoms with van der Waals surface area (Å²) in [4.78, 5) is 37.0. The van der Waals surface area contributed by atoms with Gasteiger partial charge in [0, 0.05) is 36.3 Å². The number of piperazine rings is 1. The van der Waals surface area contributed by atoms with Crippen LogP contribution in [0, 0.1) is 17.8 Å². The van der Waals surface area contributed by atoms with Crippen molar-refractivity contribution >= 4 is 11.8 Å². The molecule has 0 bridgehead atoms. The maximum Gasteiger partial charge on any atom is 0.274 e. The van der Waals surface area contributed by atoms with Gasteiger partial charge in [-0.3, -0.25) is 14.6 Å². The fourth-order valence-electron chi connectivity index (χ4n) is 5.45. The zero-order valence-electron chi connectivity index (χ0n) is 18.6. The number of fused-ring (bicyclic) bond motifs is 1. The lowest BCUT2D eigenvalue weighted by molar-refractivity contribution is -0.159. The maximum absolute atomic E-state index is 12.9. The van der Waals surface area contributed by atoms with E-state index in [0.29, 0.717) is 12.5 Å². The number of aliphatic hydroxyl groups excluding tert-OH is 1. The van der Waals surface area contributed by atoms with E-state index < -0.39 is 0 Å². The van der Waals surface area contributed by atoms with Crippen LogP contribution < -0.4 is 0 Å². The second-order valence-corrected chi connectivity index (χ2v) is 9.15. The molecule has 2 aliphatic heterocycles. The Labute approximate surface area is 193 Å². The number of hydrogen-bond acceptors (Lipinski definition) is 5. The molecule has 1 aromatic carbocycles. The van der Waals surface area contributed by atoms with Gasteiger partial charge in [0.2, 0.25) is 5.91 Å². The van der Waals surface area contributed by atoms with Crippen molar-refractivity contribution in [2.75, 3.05) is 19.7 Å². The number of carbonyl (C=O) groups is 2. The zero-order valence-corrected chi connectivity index (χ0v) is 18.6. The van der Waals surface area contributed by atoms with Crippen LogP contribution in [-0.4, -0.2) is 68.5 Å². The predicted molar refractivity (Wildman–Crippen MR) is 122 cm³/mol. The van der Waals surface area contributed by atoms with Crippen LogP contribution in [0.2, 0.25) is 0 Å². The monoisotopic (exact) mass is 444 g/mol. The Morgan fingerprint density at radius 3 is 2.61 bits per heavy atom. The average molecular weight is 445 g/mol. The highest BCUT2D eigenvalue weighted by molar-refractivity contribution is 5.96. The van der Waals surface area contributed by atoms with E-state index in [9.17, 15) is 14.7 Å².